The number of hydrogen-bond donors (Lipinski definition) is 1. The van der Waals surface area contributed by atoms with E-state index in [2.05, 4.69) is 13.2 Å². The second-order valence-electron chi connectivity index (χ2n) is 10.6. The number of amides is 2. The van der Waals surface area contributed by atoms with Crippen LogP contribution in [0.5, 0.6) is 0 Å². The Morgan fingerprint density at radius 2 is 1.97 bits per heavy atom. The van der Waals surface area contributed by atoms with E-state index < -0.39 is 41.6 Å². The summed E-state index contributed by atoms with van der Waals surface area (Å²) in [5.74, 6) is -2.58. The van der Waals surface area contributed by atoms with Gasteiger partial charge in [0.15, 0.2) is 0 Å². The maximum atomic E-state index is 14.0. The number of likely N-dealkylation sites (tertiary alicyclic amines) is 1. The van der Waals surface area contributed by atoms with Gasteiger partial charge in [-0.25, -0.2) is 0 Å². The molecule has 0 aliphatic carbocycles. The maximum Gasteiger partial charge on any atom is 0.312 e. The van der Waals surface area contributed by atoms with Crippen molar-refractivity contribution in [2.75, 3.05) is 19.8 Å². The minimum atomic E-state index is -1.10. The number of fused-ring (bicyclic) bond motifs is 1. The van der Waals surface area contributed by atoms with Gasteiger partial charge in [-0.2, -0.15) is 0 Å². The molecule has 0 radical (unpaired) electrons. The minimum absolute atomic E-state index is 0.0890. The van der Waals surface area contributed by atoms with Crippen molar-refractivity contribution < 1.29 is 29.0 Å². The highest BCUT2D eigenvalue weighted by molar-refractivity contribution is 5.98. The van der Waals surface area contributed by atoms with Crippen molar-refractivity contribution in [3.05, 3.63) is 25.3 Å². The SMILES string of the molecule is C=CCCCCOC(=O)[C@@H]1[C@H]2C(=O)N([C@@H](CO)C(C)C)C(C(=O)N(CC=C)C(C)C)C23CC[C@H]1O3. The van der Waals surface area contributed by atoms with E-state index in [1.807, 2.05) is 33.8 Å². The van der Waals surface area contributed by atoms with Crippen molar-refractivity contribution in [2.24, 2.45) is 17.8 Å². The third-order valence-electron chi connectivity index (χ3n) is 7.84. The molecule has 8 nitrogen and oxygen atoms in total. The fraction of sp³-hybridized carbons (Fsp3) is 0.741. The summed E-state index contributed by atoms with van der Waals surface area (Å²) >= 11 is 0. The lowest BCUT2D eigenvalue weighted by Gasteiger charge is -2.41. The van der Waals surface area contributed by atoms with E-state index in [4.69, 9.17) is 9.47 Å². The molecule has 3 heterocycles. The molecule has 196 valence electrons. The van der Waals surface area contributed by atoms with E-state index >= 15 is 0 Å². The summed E-state index contributed by atoms with van der Waals surface area (Å²) in [5, 5.41) is 10.2. The number of unbranched alkanes of at least 4 members (excludes halogenated alkanes) is 2. The summed E-state index contributed by atoms with van der Waals surface area (Å²) < 4.78 is 12.0. The van der Waals surface area contributed by atoms with Crippen molar-refractivity contribution in [3.63, 3.8) is 0 Å². The lowest BCUT2D eigenvalue weighted by Crippen LogP contribution is -2.60. The number of aliphatic hydroxyl groups is 1. The fourth-order valence-electron chi connectivity index (χ4n) is 6.13. The van der Waals surface area contributed by atoms with Crippen LogP contribution in [0.25, 0.3) is 0 Å². The second-order valence-corrected chi connectivity index (χ2v) is 10.6. The van der Waals surface area contributed by atoms with Gasteiger partial charge in [0.05, 0.1) is 37.2 Å². The number of allylic oxidation sites excluding steroid dienone is 1. The third-order valence-corrected chi connectivity index (χ3v) is 7.84. The summed E-state index contributed by atoms with van der Waals surface area (Å²) in [4.78, 5) is 44.5. The molecule has 2 amide bonds. The molecule has 1 spiro atoms. The molecule has 0 aromatic rings. The van der Waals surface area contributed by atoms with Gasteiger partial charge in [0.1, 0.15) is 11.6 Å². The molecular weight excluding hydrogens is 448 g/mol. The van der Waals surface area contributed by atoms with Crippen LogP contribution >= 0.6 is 0 Å². The standard InChI is InChI=1S/C27H42N2O6/c1-7-9-10-11-15-34-26(33)21-20-12-13-27(35-20)22(21)24(31)29(19(16-30)17(3)4)23(27)25(32)28(14-8-2)18(5)6/h7-8,17-23,30H,1-2,9-16H2,3-6H3/t19-,20+,21-,22-,23?,27?/m0/s1. The molecule has 0 saturated carbocycles. The Morgan fingerprint density at radius 1 is 1.26 bits per heavy atom. The summed E-state index contributed by atoms with van der Waals surface area (Å²) in [6.45, 7) is 15.5. The largest absolute Gasteiger partial charge is 0.465 e. The molecule has 3 aliphatic rings. The predicted octanol–water partition coefficient (Wildman–Crippen LogP) is 2.70. The first-order valence-corrected chi connectivity index (χ1v) is 13.0. The zero-order valence-electron chi connectivity index (χ0n) is 21.7. The van der Waals surface area contributed by atoms with Crippen LogP contribution in [0, 0.1) is 17.8 Å². The zero-order chi connectivity index (χ0) is 25.9. The molecule has 0 aromatic heterocycles. The summed E-state index contributed by atoms with van der Waals surface area (Å²) in [6, 6.07) is -1.58. The number of esters is 1. The van der Waals surface area contributed by atoms with E-state index in [9.17, 15) is 19.5 Å². The van der Waals surface area contributed by atoms with Gasteiger partial charge in [-0.3, -0.25) is 14.4 Å². The molecule has 2 unspecified atom stereocenters. The first kappa shape index (κ1) is 27.4. The predicted molar refractivity (Wildman–Crippen MR) is 132 cm³/mol. The van der Waals surface area contributed by atoms with Crippen LogP contribution in [0.15, 0.2) is 25.3 Å². The normalized spacial score (nSPS) is 30.0. The van der Waals surface area contributed by atoms with Gasteiger partial charge >= 0.3 is 5.97 Å². The highest BCUT2D eigenvalue weighted by atomic mass is 16.6. The molecule has 3 aliphatic heterocycles. The van der Waals surface area contributed by atoms with Gasteiger partial charge in [-0.05, 0) is 51.9 Å². The topological polar surface area (TPSA) is 96.4 Å². The van der Waals surface area contributed by atoms with Crippen LogP contribution in [-0.4, -0.2) is 82.3 Å². The number of carbonyl (C=O) groups excluding carboxylic acids is 3. The number of rotatable bonds is 13. The molecular formula is C27H42N2O6. The Hall–Kier alpha value is -2.19. The number of hydrogen-bond acceptors (Lipinski definition) is 6. The molecule has 3 rings (SSSR count). The Kier molecular flexibility index (Phi) is 8.81. The average Bonchev–Trinajstić information content (AvgIpc) is 3.45. The first-order chi connectivity index (χ1) is 16.7. The average molecular weight is 491 g/mol. The van der Waals surface area contributed by atoms with Crippen molar-refractivity contribution in [3.8, 4) is 0 Å². The monoisotopic (exact) mass is 490 g/mol. The number of nitrogens with zero attached hydrogens (tertiary/aromatic N) is 2. The van der Waals surface area contributed by atoms with Gasteiger partial charge in [0, 0.05) is 12.6 Å². The molecule has 35 heavy (non-hydrogen) atoms. The van der Waals surface area contributed by atoms with Crippen molar-refractivity contribution in [1.29, 1.82) is 0 Å². The highest BCUT2D eigenvalue weighted by Gasteiger charge is 2.75. The van der Waals surface area contributed by atoms with Crippen molar-refractivity contribution >= 4 is 17.8 Å². The van der Waals surface area contributed by atoms with Gasteiger partial charge in [0.25, 0.3) is 0 Å². The lowest BCUT2D eigenvalue weighted by atomic mass is 9.70. The number of aliphatic hydroxyl groups excluding tert-OH is 1. The third kappa shape index (κ3) is 4.79. The van der Waals surface area contributed by atoms with E-state index in [0.717, 1.165) is 19.3 Å². The van der Waals surface area contributed by atoms with Crippen LogP contribution in [-0.2, 0) is 23.9 Å². The number of ether oxygens (including phenoxy) is 2. The summed E-state index contributed by atoms with van der Waals surface area (Å²) in [6.07, 6.45) is 6.60. The van der Waals surface area contributed by atoms with E-state index in [0.29, 0.717) is 19.4 Å². The van der Waals surface area contributed by atoms with Crippen LogP contribution in [0.4, 0.5) is 0 Å². The highest BCUT2D eigenvalue weighted by Crippen LogP contribution is 2.59. The fourth-order valence-corrected chi connectivity index (χ4v) is 6.13. The summed E-state index contributed by atoms with van der Waals surface area (Å²) in [7, 11) is 0. The first-order valence-electron chi connectivity index (χ1n) is 13.0. The van der Waals surface area contributed by atoms with E-state index in [-0.39, 0.29) is 37.0 Å². The zero-order valence-corrected chi connectivity index (χ0v) is 21.7. The van der Waals surface area contributed by atoms with Gasteiger partial charge in [-0.15, -0.1) is 13.2 Å². The van der Waals surface area contributed by atoms with Crippen molar-refractivity contribution in [2.45, 2.75) is 89.6 Å². The van der Waals surface area contributed by atoms with Gasteiger partial charge in [-0.1, -0.05) is 26.0 Å². The minimum Gasteiger partial charge on any atom is -0.465 e. The van der Waals surface area contributed by atoms with E-state index in [1.165, 1.54) is 4.90 Å². The Labute approximate surface area is 209 Å². The Bertz CT molecular complexity index is 826. The van der Waals surface area contributed by atoms with Crippen LogP contribution in [0.3, 0.4) is 0 Å². The van der Waals surface area contributed by atoms with Crippen LogP contribution < -0.4 is 0 Å². The molecule has 3 fully saturated rings. The van der Waals surface area contributed by atoms with Crippen LogP contribution in [0.1, 0.15) is 59.8 Å². The maximum absolute atomic E-state index is 14.0. The second kappa shape index (κ2) is 11.2. The Balaban J connectivity index is 1.97. The summed E-state index contributed by atoms with van der Waals surface area (Å²) in [5.41, 5.74) is -1.10. The molecule has 2 bridgehead atoms. The lowest BCUT2D eigenvalue weighted by molar-refractivity contribution is -0.157. The molecule has 8 heteroatoms. The smallest absolute Gasteiger partial charge is 0.312 e. The van der Waals surface area contributed by atoms with Crippen molar-refractivity contribution in [1.82, 2.24) is 9.80 Å². The Morgan fingerprint density at radius 3 is 2.54 bits per heavy atom. The van der Waals surface area contributed by atoms with Gasteiger partial charge in [0.2, 0.25) is 11.8 Å². The van der Waals surface area contributed by atoms with E-state index in [1.54, 1.807) is 11.0 Å². The molecule has 1 N–H and O–H groups in total. The van der Waals surface area contributed by atoms with Gasteiger partial charge < -0.3 is 24.4 Å². The quantitative estimate of drug-likeness (QED) is 0.242. The number of carbonyl (C=O) groups is 3. The molecule has 0 aromatic carbocycles. The molecule has 3 saturated heterocycles. The molecule has 6 atom stereocenters. The van der Waals surface area contributed by atoms with Crippen LogP contribution in [0.2, 0.25) is 0 Å².